The molecule has 3 aromatic carbocycles. The number of nitrogens with zero attached hydrogens (tertiary/aromatic N) is 1. The predicted molar refractivity (Wildman–Crippen MR) is 124 cm³/mol. The summed E-state index contributed by atoms with van der Waals surface area (Å²) >= 11 is 0. The molecule has 3 aromatic rings. The van der Waals surface area contributed by atoms with Gasteiger partial charge >= 0.3 is 0 Å². The third-order valence-electron chi connectivity index (χ3n) is 4.75. The Bertz CT molecular complexity index is 1040. The number of benzene rings is 3. The standard InChI is InChI=1S/C23H26N4O2.ClH/c1-15-10-11-18(29-13-12-26-23(24)25)14-21(15)22(28)27-16(2)19-9-5-7-17-6-3-4-8-20(17)19;/h3-11,14,16H,12-13H2,1-2H3,(H,27,28)(H4,24,25,26);1H/t16-;/m1./s1. The summed E-state index contributed by atoms with van der Waals surface area (Å²) in [6.07, 6.45) is 0. The minimum atomic E-state index is -0.141. The normalized spacial score (nSPS) is 11.3. The quantitative estimate of drug-likeness (QED) is 0.304. The van der Waals surface area contributed by atoms with E-state index in [1.165, 1.54) is 0 Å². The van der Waals surface area contributed by atoms with E-state index in [4.69, 9.17) is 16.2 Å². The number of hydrogen-bond donors (Lipinski definition) is 3. The maximum atomic E-state index is 12.9. The maximum Gasteiger partial charge on any atom is 0.252 e. The molecule has 5 N–H and O–H groups in total. The van der Waals surface area contributed by atoms with Crippen molar-refractivity contribution in [2.75, 3.05) is 13.2 Å². The molecule has 1 amide bonds. The lowest BCUT2D eigenvalue weighted by molar-refractivity contribution is 0.0939. The summed E-state index contributed by atoms with van der Waals surface area (Å²) in [6, 6.07) is 19.6. The van der Waals surface area contributed by atoms with Crippen LogP contribution in [0.5, 0.6) is 5.75 Å². The van der Waals surface area contributed by atoms with E-state index >= 15 is 0 Å². The molecule has 0 aliphatic heterocycles. The van der Waals surface area contributed by atoms with Crippen LogP contribution in [-0.2, 0) is 0 Å². The number of rotatable bonds is 7. The number of hydrogen-bond acceptors (Lipinski definition) is 3. The fourth-order valence-electron chi connectivity index (χ4n) is 3.25. The molecular weight excluding hydrogens is 400 g/mol. The zero-order valence-corrected chi connectivity index (χ0v) is 17.9. The van der Waals surface area contributed by atoms with Crippen molar-refractivity contribution in [2.45, 2.75) is 19.9 Å². The van der Waals surface area contributed by atoms with Crippen LogP contribution in [0.2, 0.25) is 0 Å². The molecule has 158 valence electrons. The Kier molecular flexibility index (Phi) is 8.07. The van der Waals surface area contributed by atoms with E-state index in [1.807, 2.05) is 50.2 Å². The smallest absolute Gasteiger partial charge is 0.252 e. The lowest BCUT2D eigenvalue weighted by Gasteiger charge is -2.18. The van der Waals surface area contributed by atoms with Crippen molar-refractivity contribution in [1.82, 2.24) is 5.32 Å². The van der Waals surface area contributed by atoms with Crippen LogP contribution in [0.4, 0.5) is 0 Å². The predicted octanol–water partition coefficient (Wildman–Crippen LogP) is 3.71. The Labute approximate surface area is 182 Å². The van der Waals surface area contributed by atoms with Gasteiger partial charge in [-0.15, -0.1) is 12.4 Å². The third-order valence-corrected chi connectivity index (χ3v) is 4.75. The van der Waals surface area contributed by atoms with Gasteiger partial charge in [-0.25, -0.2) is 0 Å². The first kappa shape index (κ1) is 23.0. The summed E-state index contributed by atoms with van der Waals surface area (Å²) in [4.78, 5) is 16.8. The topological polar surface area (TPSA) is 103 Å². The minimum absolute atomic E-state index is 0. The number of amides is 1. The van der Waals surface area contributed by atoms with Gasteiger partial charge in [-0.2, -0.15) is 0 Å². The number of nitrogens with two attached hydrogens (primary N) is 2. The van der Waals surface area contributed by atoms with Crippen molar-refractivity contribution >= 4 is 35.0 Å². The second kappa shape index (κ2) is 10.5. The molecular formula is C23H27ClN4O2. The van der Waals surface area contributed by atoms with Crippen LogP contribution in [0.25, 0.3) is 10.8 Å². The summed E-state index contributed by atoms with van der Waals surface area (Å²) in [6.45, 7) is 4.58. The Hall–Kier alpha value is -3.25. The molecule has 1 atom stereocenters. The van der Waals surface area contributed by atoms with Gasteiger partial charge < -0.3 is 21.5 Å². The van der Waals surface area contributed by atoms with E-state index < -0.39 is 0 Å². The van der Waals surface area contributed by atoms with Gasteiger partial charge in [-0.05, 0) is 47.9 Å². The number of carbonyl (C=O) groups excluding carboxylic acids is 1. The molecule has 0 spiro atoms. The molecule has 3 rings (SSSR count). The van der Waals surface area contributed by atoms with Crippen molar-refractivity contribution in [3.05, 3.63) is 77.4 Å². The molecule has 7 heteroatoms. The molecule has 0 unspecified atom stereocenters. The molecule has 0 heterocycles. The van der Waals surface area contributed by atoms with Crippen molar-refractivity contribution in [1.29, 1.82) is 0 Å². The highest BCUT2D eigenvalue weighted by Gasteiger charge is 2.16. The molecule has 0 saturated heterocycles. The number of aliphatic imine (C=N–C) groups is 1. The van der Waals surface area contributed by atoms with Gasteiger partial charge in [-0.1, -0.05) is 48.5 Å². The SMILES string of the molecule is Cc1ccc(OCCN=C(N)N)cc1C(=O)N[C@H](C)c1cccc2ccccc12.Cl. The van der Waals surface area contributed by atoms with Crippen molar-refractivity contribution in [2.24, 2.45) is 16.5 Å². The van der Waals surface area contributed by atoms with E-state index in [2.05, 4.69) is 28.5 Å². The summed E-state index contributed by atoms with van der Waals surface area (Å²) < 4.78 is 5.65. The van der Waals surface area contributed by atoms with Crippen LogP contribution in [0.1, 0.15) is 34.5 Å². The van der Waals surface area contributed by atoms with Crippen molar-refractivity contribution in [3.8, 4) is 5.75 Å². The number of aryl methyl sites for hydroxylation is 1. The van der Waals surface area contributed by atoms with Gasteiger partial charge in [0.1, 0.15) is 12.4 Å². The highest BCUT2D eigenvalue weighted by Crippen LogP contribution is 2.25. The fraction of sp³-hybridized carbons (Fsp3) is 0.217. The first-order valence-electron chi connectivity index (χ1n) is 9.53. The first-order chi connectivity index (χ1) is 14.0. The molecule has 0 radical (unpaired) electrons. The van der Waals surface area contributed by atoms with Gasteiger partial charge in [0.25, 0.3) is 5.91 Å². The third kappa shape index (κ3) is 5.64. The van der Waals surface area contributed by atoms with Gasteiger partial charge in [-0.3, -0.25) is 9.79 Å². The second-order valence-electron chi connectivity index (χ2n) is 6.90. The molecule has 6 nitrogen and oxygen atoms in total. The van der Waals surface area contributed by atoms with Crippen LogP contribution in [-0.4, -0.2) is 25.0 Å². The Balaban J connectivity index is 0.00000320. The Morgan fingerprint density at radius 2 is 1.83 bits per heavy atom. The van der Waals surface area contributed by atoms with Crippen LogP contribution in [0.15, 0.2) is 65.7 Å². The summed E-state index contributed by atoms with van der Waals surface area (Å²) in [7, 11) is 0. The van der Waals surface area contributed by atoms with E-state index in [0.29, 0.717) is 24.5 Å². The number of carbonyl (C=O) groups is 1. The molecule has 0 bridgehead atoms. The minimum Gasteiger partial charge on any atom is -0.492 e. The molecule has 30 heavy (non-hydrogen) atoms. The molecule has 0 aromatic heterocycles. The van der Waals surface area contributed by atoms with E-state index in [0.717, 1.165) is 21.9 Å². The summed E-state index contributed by atoms with van der Waals surface area (Å²) in [5.74, 6) is 0.488. The first-order valence-corrected chi connectivity index (χ1v) is 9.53. The summed E-state index contributed by atoms with van der Waals surface area (Å²) in [5.41, 5.74) is 13.1. The highest BCUT2D eigenvalue weighted by molar-refractivity contribution is 5.96. The highest BCUT2D eigenvalue weighted by atomic mass is 35.5. The number of ether oxygens (including phenoxy) is 1. The largest absolute Gasteiger partial charge is 0.492 e. The average Bonchev–Trinajstić information content (AvgIpc) is 2.71. The number of halogens is 1. The van der Waals surface area contributed by atoms with Crippen LogP contribution in [0, 0.1) is 6.92 Å². The molecule has 0 aliphatic carbocycles. The lowest BCUT2D eigenvalue weighted by atomic mass is 9.99. The summed E-state index contributed by atoms with van der Waals surface area (Å²) in [5, 5.41) is 5.39. The molecule has 0 saturated carbocycles. The second-order valence-corrected chi connectivity index (χ2v) is 6.90. The van der Waals surface area contributed by atoms with E-state index in [-0.39, 0.29) is 30.3 Å². The van der Waals surface area contributed by atoms with Crippen molar-refractivity contribution in [3.63, 3.8) is 0 Å². The monoisotopic (exact) mass is 426 g/mol. The van der Waals surface area contributed by atoms with Gasteiger partial charge in [0.2, 0.25) is 0 Å². The zero-order chi connectivity index (χ0) is 20.8. The average molecular weight is 427 g/mol. The lowest BCUT2D eigenvalue weighted by Crippen LogP contribution is -2.27. The van der Waals surface area contributed by atoms with Gasteiger partial charge in [0.15, 0.2) is 5.96 Å². The number of nitrogens with one attached hydrogen (secondary N) is 1. The Morgan fingerprint density at radius 1 is 1.10 bits per heavy atom. The molecule has 0 aliphatic rings. The van der Waals surface area contributed by atoms with Crippen LogP contribution in [0.3, 0.4) is 0 Å². The Morgan fingerprint density at radius 3 is 2.60 bits per heavy atom. The number of fused-ring (bicyclic) bond motifs is 1. The van der Waals surface area contributed by atoms with E-state index in [9.17, 15) is 4.79 Å². The van der Waals surface area contributed by atoms with Crippen LogP contribution >= 0.6 is 12.4 Å². The van der Waals surface area contributed by atoms with E-state index in [1.54, 1.807) is 6.07 Å². The fourth-order valence-corrected chi connectivity index (χ4v) is 3.25. The van der Waals surface area contributed by atoms with Crippen LogP contribution < -0.4 is 21.5 Å². The zero-order valence-electron chi connectivity index (χ0n) is 17.1. The van der Waals surface area contributed by atoms with Crippen molar-refractivity contribution < 1.29 is 9.53 Å². The van der Waals surface area contributed by atoms with Gasteiger partial charge in [0.05, 0.1) is 12.6 Å². The maximum absolute atomic E-state index is 12.9. The molecule has 0 fully saturated rings. The van der Waals surface area contributed by atoms with Gasteiger partial charge in [0, 0.05) is 5.56 Å². The number of guanidine groups is 1.